The van der Waals surface area contributed by atoms with E-state index in [1.165, 1.54) is 154 Å². The molecule has 9 heteroatoms. The second-order valence-corrected chi connectivity index (χ2v) is 22.1. The summed E-state index contributed by atoms with van der Waals surface area (Å²) in [5.74, 6) is -0.315. The number of allylic oxidation sites excluding steroid dienone is 12. The molecule has 0 aliphatic heterocycles. The summed E-state index contributed by atoms with van der Waals surface area (Å²) >= 11 is 0. The number of hydrogen-bond donors (Lipinski definition) is 1. The number of quaternary nitrogens is 1. The van der Waals surface area contributed by atoms with Gasteiger partial charge in [-0.2, -0.15) is 0 Å². The Morgan fingerprint density at radius 2 is 0.829 bits per heavy atom. The van der Waals surface area contributed by atoms with Gasteiger partial charge >= 0.3 is 13.8 Å². The molecule has 0 bridgehead atoms. The largest absolute Gasteiger partial charge is 0.472 e. The Bertz CT molecular complexity index is 1350. The molecule has 2 atom stereocenters. The summed E-state index contributed by atoms with van der Waals surface area (Å²) in [5, 5.41) is 0. The zero-order valence-corrected chi connectivity index (χ0v) is 47.4. The first-order chi connectivity index (χ1) is 34.1. The molecule has 408 valence electrons. The number of phosphoric acid groups is 1. The topological polar surface area (TPSA) is 91.3 Å². The van der Waals surface area contributed by atoms with Crippen LogP contribution in [0.3, 0.4) is 0 Å². The molecule has 0 radical (unpaired) electrons. The summed E-state index contributed by atoms with van der Waals surface area (Å²) in [6.45, 7) is 5.51. The Hall–Kier alpha value is -2.06. The third-order valence-electron chi connectivity index (χ3n) is 12.5. The van der Waals surface area contributed by atoms with E-state index < -0.39 is 13.9 Å². The highest BCUT2D eigenvalue weighted by Crippen LogP contribution is 2.43. The van der Waals surface area contributed by atoms with Crippen molar-refractivity contribution in [3.05, 3.63) is 72.9 Å². The molecule has 0 aliphatic rings. The molecular formula is C61H113NO7P+. The maximum Gasteiger partial charge on any atom is 0.472 e. The van der Waals surface area contributed by atoms with Crippen molar-refractivity contribution in [3.8, 4) is 0 Å². The average Bonchev–Trinajstić information content (AvgIpc) is 3.32. The fraction of sp³-hybridized carbons (Fsp3) is 0.787. The third-order valence-corrected chi connectivity index (χ3v) is 13.5. The van der Waals surface area contributed by atoms with Crippen LogP contribution in [0.5, 0.6) is 0 Å². The summed E-state index contributed by atoms with van der Waals surface area (Å²) in [7, 11) is 1.66. The molecular weight excluding hydrogens is 890 g/mol. The van der Waals surface area contributed by atoms with Crippen molar-refractivity contribution in [2.24, 2.45) is 0 Å². The standard InChI is InChI=1S/C61H112NO7P/c1-6-8-10-12-14-16-18-20-22-24-26-28-30-31-32-33-35-37-39-41-43-45-47-49-51-53-56-66-58-60(59-68-70(64,65)67-57-55-62(3,4)5)69-61(63)54-52-50-48-46-44-42-40-38-36-34-29-27-25-23-21-19-17-15-13-11-9-7-2/h8,10,14,16,20,22,26,28,31-32,35,37,60H,6-7,9,11-13,15,17-19,21,23-25,27,29-30,33-34,36,38-59H2,1-5H3/p+1/b10-8-,16-14-,22-20-,28-26-,32-31-,37-35-. The van der Waals surface area contributed by atoms with E-state index in [9.17, 15) is 14.3 Å². The molecule has 1 N–H and O–H groups in total. The summed E-state index contributed by atoms with van der Waals surface area (Å²) in [4.78, 5) is 23.1. The van der Waals surface area contributed by atoms with Gasteiger partial charge in [0.05, 0.1) is 34.4 Å². The van der Waals surface area contributed by atoms with Crippen molar-refractivity contribution in [1.29, 1.82) is 0 Å². The van der Waals surface area contributed by atoms with Crippen molar-refractivity contribution in [1.82, 2.24) is 0 Å². The second-order valence-electron chi connectivity index (χ2n) is 20.7. The number of phosphoric ester groups is 1. The zero-order valence-electron chi connectivity index (χ0n) is 46.5. The van der Waals surface area contributed by atoms with Gasteiger partial charge in [0, 0.05) is 13.0 Å². The van der Waals surface area contributed by atoms with Gasteiger partial charge in [-0.3, -0.25) is 13.8 Å². The first-order valence-electron chi connectivity index (χ1n) is 29.2. The first-order valence-corrected chi connectivity index (χ1v) is 30.7. The van der Waals surface area contributed by atoms with Gasteiger partial charge in [-0.1, -0.05) is 254 Å². The van der Waals surface area contributed by atoms with E-state index in [2.05, 4.69) is 86.8 Å². The van der Waals surface area contributed by atoms with Crippen LogP contribution in [0.25, 0.3) is 0 Å². The van der Waals surface area contributed by atoms with Gasteiger partial charge in [-0.05, 0) is 64.2 Å². The molecule has 0 aromatic carbocycles. The Kier molecular flexibility index (Phi) is 51.7. The number of carbonyl (C=O) groups is 1. The van der Waals surface area contributed by atoms with E-state index in [1.54, 1.807) is 0 Å². The Balaban J connectivity index is 4.10. The van der Waals surface area contributed by atoms with Crippen molar-refractivity contribution in [3.63, 3.8) is 0 Å². The normalized spacial score (nSPS) is 14.0. The van der Waals surface area contributed by atoms with Gasteiger partial charge < -0.3 is 18.9 Å². The first kappa shape index (κ1) is 67.9. The van der Waals surface area contributed by atoms with E-state index in [0.29, 0.717) is 24.1 Å². The highest BCUT2D eigenvalue weighted by atomic mass is 31.2. The van der Waals surface area contributed by atoms with Crippen molar-refractivity contribution < 1.29 is 37.3 Å². The quantitative estimate of drug-likeness (QED) is 0.0213. The molecule has 70 heavy (non-hydrogen) atoms. The van der Waals surface area contributed by atoms with Crippen molar-refractivity contribution >= 4 is 13.8 Å². The summed E-state index contributed by atoms with van der Waals surface area (Å²) in [6, 6.07) is 0. The van der Waals surface area contributed by atoms with Crippen LogP contribution >= 0.6 is 7.82 Å². The molecule has 0 fully saturated rings. The minimum atomic E-state index is -4.29. The minimum Gasteiger partial charge on any atom is -0.457 e. The van der Waals surface area contributed by atoms with Gasteiger partial charge in [0.25, 0.3) is 0 Å². The predicted molar refractivity (Wildman–Crippen MR) is 302 cm³/mol. The fourth-order valence-corrected chi connectivity index (χ4v) is 8.83. The summed E-state index contributed by atoms with van der Waals surface area (Å²) in [6.07, 6.45) is 71.1. The Labute approximate surface area is 433 Å². The number of esters is 1. The lowest BCUT2D eigenvalue weighted by atomic mass is 10.0. The summed E-state index contributed by atoms with van der Waals surface area (Å²) < 4.78 is 35.3. The van der Waals surface area contributed by atoms with E-state index in [1.807, 2.05) is 21.1 Å². The predicted octanol–water partition coefficient (Wildman–Crippen LogP) is 18.6. The molecule has 0 aliphatic carbocycles. The summed E-state index contributed by atoms with van der Waals surface area (Å²) in [5.41, 5.74) is 0. The number of nitrogens with zero attached hydrogens (tertiary/aromatic N) is 1. The molecule has 0 aromatic heterocycles. The maximum absolute atomic E-state index is 12.8. The van der Waals surface area contributed by atoms with Gasteiger partial charge in [-0.25, -0.2) is 4.57 Å². The van der Waals surface area contributed by atoms with E-state index >= 15 is 0 Å². The zero-order chi connectivity index (χ0) is 51.2. The Morgan fingerprint density at radius 3 is 1.24 bits per heavy atom. The van der Waals surface area contributed by atoms with Gasteiger partial charge in [0.2, 0.25) is 0 Å². The molecule has 2 unspecified atom stereocenters. The molecule has 0 heterocycles. The molecule has 0 rings (SSSR count). The lowest BCUT2D eigenvalue weighted by molar-refractivity contribution is -0.870. The minimum absolute atomic E-state index is 0.0845. The molecule has 0 saturated heterocycles. The van der Waals surface area contributed by atoms with Gasteiger partial charge in [0.15, 0.2) is 0 Å². The monoisotopic (exact) mass is 1000 g/mol. The van der Waals surface area contributed by atoms with Crippen LogP contribution in [0.15, 0.2) is 72.9 Å². The van der Waals surface area contributed by atoms with E-state index in [-0.39, 0.29) is 25.8 Å². The van der Waals surface area contributed by atoms with Gasteiger partial charge in [-0.15, -0.1) is 0 Å². The van der Waals surface area contributed by atoms with Crippen LogP contribution in [0.2, 0.25) is 0 Å². The van der Waals surface area contributed by atoms with E-state index in [4.69, 9.17) is 18.5 Å². The van der Waals surface area contributed by atoms with Crippen LogP contribution in [-0.2, 0) is 27.9 Å². The number of hydrogen-bond acceptors (Lipinski definition) is 6. The second kappa shape index (κ2) is 53.2. The van der Waals surface area contributed by atoms with Crippen molar-refractivity contribution in [2.75, 3.05) is 54.1 Å². The fourth-order valence-electron chi connectivity index (χ4n) is 8.09. The lowest BCUT2D eigenvalue weighted by Crippen LogP contribution is -2.37. The maximum atomic E-state index is 12.8. The Morgan fingerprint density at radius 1 is 0.457 bits per heavy atom. The molecule has 0 saturated carbocycles. The molecule has 0 spiro atoms. The van der Waals surface area contributed by atoms with Crippen LogP contribution in [-0.4, -0.2) is 75.6 Å². The van der Waals surface area contributed by atoms with Crippen LogP contribution in [0, 0.1) is 0 Å². The SMILES string of the molecule is CC/C=C\C/C=C\C/C=C\C/C=C\C/C=C\C/C=C\CCCCCCCCCOCC(COP(=O)(O)OCC[N+](C)(C)C)OC(=O)CCCCCCCCCCCCCCCCCCCCCCCC. The van der Waals surface area contributed by atoms with Crippen LogP contribution in [0.4, 0.5) is 0 Å². The highest BCUT2D eigenvalue weighted by Gasteiger charge is 2.26. The number of likely N-dealkylation sites (N-methyl/N-ethyl adjacent to an activating group) is 1. The van der Waals surface area contributed by atoms with Crippen molar-refractivity contribution in [2.45, 2.75) is 258 Å². The van der Waals surface area contributed by atoms with Gasteiger partial charge in [0.1, 0.15) is 19.3 Å². The van der Waals surface area contributed by atoms with E-state index in [0.717, 1.165) is 77.0 Å². The number of ether oxygens (including phenoxy) is 2. The molecule has 0 aromatic rings. The number of unbranched alkanes of at least 4 members (excludes halogenated alkanes) is 28. The number of rotatable bonds is 54. The highest BCUT2D eigenvalue weighted by molar-refractivity contribution is 7.47. The average molecular weight is 1000 g/mol. The number of carbonyl (C=O) groups excluding carboxylic acids is 1. The smallest absolute Gasteiger partial charge is 0.457 e. The lowest BCUT2D eigenvalue weighted by Gasteiger charge is -2.24. The molecule has 0 amide bonds. The third kappa shape index (κ3) is 56.8. The van der Waals surface area contributed by atoms with Crippen LogP contribution in [0.1, 0.15) is 251 Å². The van der Waals surface area contributed by atoms with Crippen LogP contribution < -0.4 is 0 Å². The molecule has 8 nitrogen and oxygen atoms in total.